The normalized spacial score (nSPS) is 34.8. The SMILES string of the molecule is OC(c1ccc2c(c1)CCC2)C1CC2CCC1O2. The highest BCUT2D eigenvalue weighted by Gasteiger charge is 2.44. The minimum Gasteiger partial charge on any atom is -0.388 e. The van der Waals surface area contributed by atoms with Crippen LogP contribution in [0, 0.1) is 5.92 Å². The molecule has 2 saturated heterocycles. The van der Waals surface area contributed by atoms with Crippen LogP contribution in [-0.4, -0.2) is 17.3 Å². The van der Waals surface area contributed by atoms with Gasteiger partial charge in [0.05, 0.1) is 18.3 Å². The smallest absolute Gasteiger partial charge is 0.0844 e. The van der Waals surface area contributed by atoms with Gasteiger partial charge in [-0.05, 0) is 55.2 Å². The number of aliphatic hydroxyl groups is 1. The number of benzene rings is 1. The zero-order chi connectivity index (χ0) is 12.1. The van der Waals surface area contributed by atoms with E-state index in [1.165, 1.54) is 36.8 Å². The Morgan fingerprint density at radius 2 is 2.06 bits per heavy atom. The second-order valence-electron chi connectivity index (χ2n) is 6.10. The zero-order valence-electron chi connectivity index (χ0n) is 10.6. The van der Waals surface area contributed by atoms with Crippen molar-refractivity contribution < 1.29 is 9.84 Å². The Morgan fingerprint density at radius 3 is 2.83 bits per heavy atom. The third-order valence-electron chi connectivity index (χ3n) is 5.02. The molecule has 0 amide bonds. The minimum atomic E-state index is -0.328. The van der Waals surface area contributed by atoms with E-state index in [0.717, 1.165) is 18.4 Å². The van der Waals surface area contributed by atoms with Gasteiger partial charge in [-0.25, -0.2) is 0 Å². The standard InChI is InChI=1S/C16H20O2/c17-16(14-9-13-6-7-15(14)18-13)12-5-4-10-2-1-3-11(10)8-12/h4-5,8,13-17H,1-3,6-7,9H2. The predicted molar refractivity (Wildman–Crippen MR) is 69.4 cm³/mol. The lowest BCUT2D eigenvalue weighted by molar-refractivity contribution is 0.0422. The average Bonchev–Trinajstić information content (AvgIpc) is 3.12. The highest BCUT2D eigenvalue weighted by molar-refractivity contribution is 5.36. The Morgan fingerprint density at radius 1 is 1.17 bits per heavy atom. The summed E-state index contributed by atoms with van der Waals surface area (Å²) in [6.07, 6.45) is 7.43. The summed E-state index contributed by atoms with van der Waals surface area (Å²) in [5.41, 5.74) is 4.04. The molecule has 96 valence electrons. The first-order valence-corrected chi connectivity index (χ1v) is 7.26. The Balaban J connectivity index is 1.59. The van der Waals surface area contributed by atoms with Gasteiger partial charge in [-0.1, -0.05) is 18.2 Å². The van der Waals surface area contributed by atoms with Gasteiger partial charge in [-0.15, -0.1) is 0 Å². The first-order chi connectivity index (χ1) is 8.81. The number of hydrogen-bond acceptors (Lipinski definition) is 2. The lowest BCUT2D eigenvalue weighted by atomic mass is 9.82. The molecule has 2 bridgehead atoms. The average molecular weight is 244 g/mol. The first kappa shape index (κ1) is 11.0. The Kier molecular flexibility index (Phi) is 2.49. The molecule has 1 N–H and O–H groups in total. The number of aliphatic hydroxyl groups excluding tert-OH is 1. The van der Waals surface area contributed by atoms with Gasteiger partial charge in [0.1, 0.15) is 0 Å². The van der Waals surface area contributed by atoms with E-state index in [-0.39, 0.29) is 6.10 Å². The van der Waals surface area contributed by atoms with Crippen molar-refractivity contribution in [2.24, 2.45) is 5.92 Å². The number of rotatable bonds is 2. The van der Waals surface area contributed by atoms with Crippen LogP contribution < -0.4 is 0 Å². The van der Waals surface area contributed by atoms with Crippen LogP contribution in [0.15, 0.2) is 18.2 Å². The Bertz CT molecular complexity index is 468. The molecule has 2 heterocycles. The second kappa shape index (κ2) is 4.07. The van der Waals surface area contributed by atoms with E-state index < -0.39 is 0 Å². The zero-order valence-corrected chi connectivity index (χ0v) is 10.6. The molecule has 1 aliphatic carbocycles. The third kappa shape index (κ3) is 1.63. The van der Waals surface area contributed by atoms with Crippen LogP contribution in [0.4, 0.5) is 0 Å². The maximum Gasteiger partial charge on any atom is 0.0844 e. The highest BCUT2D eigenvalue weighted by Crippen LogP contribution is 2.45. The van der Waals surface area contributed by atoms with Crippen LogP contribution in [0.1, 0.15) is 48.5 Å². The monoisotopic (exact) mass is 244 g/mol. The van der Waals surface area contributed by atoms with E-state index in [0.29, 0.717) is 18.1 Å². The van der Waals surface area contributed by atoms with E-state index >= 15 is 0 Å². The van der Waals surface area contributed by atoms with Crippen LogP contribution in [0.25, 0.3) is 0 Å². The molecule has 2 fully saturated rings. The molecule has 0 radical (unpaired) electrons. The third-order valence-corrected chi connectivity index (χ3v) is 5.02. The molecule has 4 unspecified atom stereocenters. The summed E-state index contributed by atoms with van der Waals surface area (Å²) in [6, 6.07) is 6.58. The van der Waals surface area contributed by atoms with Crippen LogP contribution in [0.3, 0.4) is 0 Å². The fourth-order valence-electron chi connectivity index (χ4n) is 4.03. The topological polar surface area (TPSA) is 29.5 Å². The lowest BCUT2D eigenvalue weighted by Gasteiger charge is -2.25. The molecular formula is C16H20O2. The predicted octanol–water partition coefficient (Wildman–Crippen LogP) is 2.78. The molecule has 2 heteroatoms. The van der Waals surface area contributed by atoms with E-state index in [1.807, 2.05) is 0 Å². The van der Waals surface area contributed by atoms with Crippen molar-refractivity contribution in [3.8, 4) is 0 Å². The molecule has 4 rings (SSSR count). The summed E-state index contributed by atoms with van der Waals surface area (Å²) in [7, 11) is 0. The van der Waals surface area contributed by atoms with Gasteiger partial charge in [0.25, 0.3) is 0 Å². The number of ether oxygens (including phenoxy) is 1. The van der Waals surface area contributed by atoms with Gasteiger partial charge in [-0.2, -0.15) is 0 Å². The molecular weight excluding hydrogens is 224 g/mol. The van der Waals surface area contributed by atoms with Crippen molar-refractivity contribution >= 4 is 0 Å². The minimum absolute atomic E-state index is 0.304. The number of fused-ring (bicyclic) bond motifs is 3. The summed E-state index contributed by atoms with van der Waals surface area (Å²) in [4.78, 5) is 0. The summed E-state index contributed by atoms with van der Waals surface area (Å²) in [6.45, 7) is 0. The van der Waals surface area contributed by atoms with Crippen molar-refractivity contribution in [1.29, 1.82) is 0 Å². The van der Waals surface area contributed by atoms with Crippen molar-refractivity contribution in [2.75, 3.05) is 0 Å². The van der Waals surface area contributed by atoms with Crippen molar-refractivity contribution in [2.45, 2.75) is 56.8 Å². The van der Waals surface area contributed by atoms with Crippen LogP contribution >= 0.6 is 0 Å². The molecule has 0 spiro atoms. The number of hydrogen-bond donors (Lipinski definition) is 1. The molecule has 18 heavy (non-hydrogen) atoms. The fourth-order valence-corrected chi connectivity index (χ4v) is 4.03. The van der Waals surface area contributed by atoms with Gasteiger partial charge < -0.3 is 9.84 Å². The van der Waals surface area contributed by atoms with Gasteiger partial charge in [0.15, 0.2) is 0 Å². The summed E-state index contributed by atoms with van der Waals surface area (Å²) in [5.74, 6) is 0.322. The lowest BCUT2D eigenvalue weighted by Crippen LogP contribution is -2.23. The van der Waals surface area contributed by atoms with E-state index in [4.69, 9.17) is 4.74 Å². The first-order valence-electron chi connectivity index (χ1n) is 7.26. The second-order valence-corrected chi connectivity index (χ2v) is 6.10. The highest BCUT2D eigenvalue weighted by atomic mass is 16.5. The molecule has 1 aromatic carbocycles. The van der Waals surface area contributed by atoms with E-state index in [2.05, 4.69) is 18.2 Å². The maximum atomic E-state index is 10.6. The van der Waals surface area contributed by atoms with Crippen molar-refractivity contribution in [3.05, 3.63) is 34.9 Å². The summed E-state index contributed by atoms with van der Waals surface area (Å²) < 4.78 is 5.86. The van der Waals surface area contributed by atoms with Gasteiger partial charge in [-0.3, -0.25) is 0 Å². The number of aryl methyl sites for hydroxylation is 2. The van der Waals surface area contributed by atoms with E-state index in [1.54, 1.807) is 0 Å². The molecule has 2 nitrogen and oxygen atoms in total. The van der Waals surface area contributed by atoms with E-state index in [9.17, 15) is 5.11 Å². The molecule has 3 aliphatic rings. The largest absolute Gasteiger partial charge is 0.388 e. The molecule has 4 atom stereocenters. The van der Waals surface area contributed by atoms with Crippen LogP contribution in [0.2, 0.25) is 0 Å². The van der Waals surface area contributed by atoms with Gasteiger partial charge in [0, 0.05) is 5.92 Å². The van der Waals surface area contributed by atoms with Crippen molar-refractivity contribution in [3.63, 3.8) is 0 Å². The van der Waals surface area contributed by atoms with Crippen molar-refractivity contribution in [1.82, 2.24) is 0 Å². The quantitative estimate of drug-likeness (QED) is 0.867. The summed E-state index contributed by atoms with van der Waals surface area (Å²) in [5, 5.41) is 10.6. The van der Waals surface area contributed by atoms with Crippen LogP contribution in [0.5, 0.6) is 0 Å². The maximum absolute atomic E-state index is 10.6. The molecule has 1 aromatic rings. The van der Waals surface area contributed by atoms with Gasteiger partial charge in [0.2, 0.25) is 0 Å². The fraction of sp³-hybridized carbons (Fsp3) is 0.625. The Labute approximate surface area is 108 Å². The molecule has 2 aliphatic heterocycles. The van der Waals surface area contributed by atoms with Gasteiger partial charge >= 0.3 is 0 Å². The Hall–Kier alpha value is -0.860. The summed E-state index contributed by atoms with van der Waals surface area (Å²) >= 11 is 0. The van der Waals surface area contributed by atoms with Crippen LogP contribution in [-0.2, 0) is 17.6 Å². The molecule has 0 aromatic heterocycles. The molecule has 0 saturated carbocycles.